The van der Waals surface area contributed by atoms with Gasteiger partial charge in [0.05, 0.1) is 12.2 Å². The molecule has 216 valence electrons. The molecule has 3 aromatic carbocycles. The van der Waals surface area contributed by atoms with Crippen molar-refractivity contribution < 1.29 is 32.5 Å². The molecular weight excluding hydrogens is 603 g/mol. The number of nitrogens with one attached hydrogen (secondary N) is 2. The minimum Gasteiger partial charge on any atom is -0.494 e. The first-order valence-corrected chi connectivity index (χ1v) is 13.6. The van der Waals surface area contributed by atoms with Gasteiger partial charge in [0.25, 0.3) is 5.91 Å². The zero-order chi connectivity index (χ0) is 29.5. The van der Waals surface area contributed by atoms with E-state index in [1.807, 2.05) is 24.3 Å². The maximum atomic E-state index is 13.8. The molecule has 0 spiro atoms. The number of hydrogen-bond donors (Lipinski definition) is 3. The van der Waals surface area contributed by atoms with Crippen LogP contribution in [-0.4, -0.2) is 35.7 Å². The second kappa shape index (κ2) is 13.3. The van der Waals surface area contributed by atoms with Crippen molar-refractivity contribution >= 4 is 27.7 Å². The van der Waals surface area contributed by atoms with Crippen molar-refractivity contribution in [1.29, 1.82) is 0 Å². The number of rotatable bonds is 12. The van der Waals surface area contributed by atoms with Crippen LogP contribution in [0.2, 0.25) is 0 Å². The number of aliphatic hydroxyl groups is 1. The summed E-state index contributed by atoms with van der Waals surface area (Å²) < 4.78 is 52.9. The third-order valence-corrected chi connectivity index (χ3v) is 7.20. The van der Waals surface area contributed by atoms with Gasteiger partial charge < -0.3 is 14.6 Å². The van der Waals surface area contributed by atoms with Gasteiger partial charge in [0.1, 0.15) is 5.75 Å². The fourth-order valence-electron chi connectivity index (χ4n) is 4.48. The quantitative estimate of drug-likeness (QED) is 0.132. The van der Waals surface area contributed by atoms with Crippen LogP contribution in [0.3, 0.4) is 0 Å². The van der Waals surface area contributed by atoms with E-state index in [9.17, 15) is 18.0 Å². The second-order valence-electron chi connectivity index (χ2n) is 9.27. The zero-order valence-electron chi connectivity index (χ0n) is 22.0. The Kier molecular flexibility index (Phi) is 9.85. The van der Waals surface area contributed by atoms with E-state index in [0.717, 1.165) is 6.07 Å². The van der Waals surface area contributed by atoms with Gasteiger partial charge in [-0.25, -0.2) is 10.4 Å². The first kappa shape index (κ1) is 30.3. The topological polar surface area (TPSA) is 92.2 Å². The summed E-state index contributed by atoms with van der Waals surface area (Å²) in [6, 6.07) is 19.4. The van der Waals surface area contributed by atoms with Crippen molar-refractivity contribution in [3.05, 3.63) is 112 Å². The average Bonchev–Trinajstić information content (AvgIpc) is 3.34. The standard InChI is InChI=1S/C30H29BrF3N3O4/c1-2-16-29(28(39)37-35-19-21-8-3-5-10-24(21)30(32,33)34)26(23-9-4-6-11-25(23)31)41-27(36-29)20-12-14-22(15-13-20)40-18-7-17-38/h2-6,8-15,26,35,38H,1,7,16-19H2,(H,37,39)/t26-,29-/m0/s1. The van der Waals surface area contributed by atoms with Gasteiger partial charge in [0.15, 0.2) is 11.6 Å². The van der Waals surface area contributed by atoms with Gasteiger partial charge in [0.2, 0.25) is 5.90 Å². The number of hydrogen-bond acceptors (Lipinski definition) is 6. The van der Waals surface area contributed by atoms with Crippen molar-refractivity contribution in [3.63, 3.8) is 0 Å². The number of nitrogens with zero attached hydrogens (tertiary/aromatic N) is 1. The van der Waals surface area contributed by atoms with Crippen LogP contribution in [0.4, 0.5) is 13.2 Å². The number of carbonyl (C=O) groups is 1. The minimum atomic E-state index is -4.53. The Morgan fingerprint density at radius 2 is 1.83 bits per heavy atom. The number of aliphatic imine (C=N–C) groups is 1. The molecule has 3 aromatic rings. The first-order valence-electron chi connectivity index (χ1n) is 12.8. The number of carbonyl (C=O) groups excluding carboxylic acids is 1. The summed E-state index contributed by atoms with van der Waals surface area (Å²) in [5.41, 5.74) is 4.13. The maximum Gasteiger partial charge on any atom is 0.416 e. The van der Waals surface area contributed by atoms with Crippen molar-refractivity contribution in [2.45, 2.75) is 37.2 Å². The fraction of sp³-hybridized carbons (Fsp3) is 0.267. The molecule has 7 nitrogen and oxygen atoms in total. The van der Waals surface area contributed by atoms with Gasteiger partial charge in [-0.2, -0.15) is 13.2 Å². The summed E-state index contributed by atoms with van der Waals surface area (Å²) in [6.45, 7) is 3.94. The van der Waals surface area contributed by atoms with Gasteiger partial charge in [-0.15, -0.1) is 6.58 Å². The smallest absolute Gasteiger partial charge is 0.416 e. The molecule has 0 saturated heterocycles. The van der Waals surface area contributed by atoms with Gasteiger partial charge in [-0.05, 0) is 42.0 Å². The monoisotopic (exact) mass is 631 g/mol. The number of aliphatic hydroxyl groups excluding tert-OH is 1. The Morgan fingerprint density at radius 3 is 2.51 bits per heavy atom. The number of hydrazine groups is 1. The third-order valence-electron chi connectivity index (χ3n) is 6.48. The van der Waals surface area contributed by atoms with E-state index in [1.165, 1.54) is 18.2 Å². The number of halogens is 4. The van der Waals surface area contributed by atoms with Crippen LogP contribution >= 0.6 is 15.9 Å². The highest BCUT2D eigenvalue weighted by Crippen LogP contribution is 2.44. The lowest BCUT2D eigenvalue weighted by Crippen LogP contribution is -2.52. The highest BCUT2D eigenvalue weighted by atomic mass is 79.9. The molecule has 0 bridgehead atoms. The summed E-state index contributed by atoms with van der Waals surface area (Å²) in [4.78, 5) is 18.6. The molecule has 0 aromatic heterocycles. The van der Waals surface area contributed by atoms with Gasteiger partial charge >= 0.3 is 6.18 Å². The highest BCUT2D eigenvalue weighted by molar-refractivity contribution is 9.10. The minimum absolute atomic E-state index is 0.0198. The van der Waals surface area contributed by atoms with E-state index in [1.54, 1.807) is 30.3 Å². The molecule has 0 radical (unpaired) electrons. The Morgan fingerprint density at radius 1 is 1.12 bits per heavy atom. The molecular formula is C30H29BrF3N3O4. The van der Waals surface area contributed by atoms with Crippen molar-refractivity contribution in [3.8, 4) is 5.75 Å². The van der Waals surface area contributed by atoms with Crippen molar-refractivity contribution in [1.82, 2.24) is 10.9 Å². The van der Waals surface area contributed by atoms with E-state index in [0.29, 0.717) is 34.4 Å². The Bertz CT molecular complexity index is 1400. The summed E-state index contributed by atoms with van der Waals surface area (Å²) >= 11 is 3.54. The molecule has 11 heteroatoms. The Hall–Kier alpha value is -3.67. The summed E-state index contributed by atoms with van der Waals surface area (Å²) in [5.74, 6) is 0.218. The molecule has 41 heavy (non-hydrogen) atoms. The summed E-state index contributed by atoms with van der Waals surface area (Å²) in [5, 5.41) is 8.96. The van der Waals surface area contributed by atoms with Crippen LogP contribution in [0, 0.1) is 0 Å². The number of amides is 1. The molecule has 3 N–H and O–H groups in total. The van der Waals surface area contributed by atoms with Gasteiger partial charge in [-0.3, -0.25) is 10.2 Å². The van der Waals surface area contributed by atoms with E-state index in [-0.39, 0.29) is 31.0 Å². The number of benzene rings is 3. The molecule has 0 saturated carbocycles. The molecule has 1 heterocycles. The first-order chi connectivity index (χ1) is 19.7. The molecule has 1 aliphatic heterocycles. The van der Waals surface area contributed by atoms with E-state index >= 15 is 0 Å². The lowest BCUT2D eigenvalue weighted by Gasteiger charge is -2.30. The fourth-order valence-corrected chi connectivity index (χ4v) is 4.97. The summed E-state index contributed by atoms with van der Waals surface area (Å²) in [7, 11) is 0. The molecule has 0 fully saturated rings. The lowest BCUT2D eigenvalue weighted by molar-refractivity contribution is -0.138. The molecule has 2 atom stereocenters. The zero-order valence-corrected chi connectivity index (χ0v) is 23.5. The van der Waals surface area contributed by atoms with Crippen LogP contribution in [0.25, 0.3) is 0 Å². The van der Waals surface area contributed by atoms with E-state index < -0.39 is 29.3 Å². The van der Waals surface area contributed by atoms with Crippen LogP contribution in [0.1, 0.15) is 41.2 Å². The third kappa shape index (κ3) is 6.98. The highest BCUT2D eigenvalue weighted by Gasteiger charge is 2.53. The van der Waals surface area contributed by atoms with Gasteiger partial charge in [0, 0.05) is 41.6 Å². The molecule has 1 amide bonds. The second-order valence-corrected chi connectivity index (χ2v) is 10.1. The van der Waals surface area contributed by atoms with Crippen LogP contribution in [-0.2, 0) is 22.3 Å². The van der Waals surface area contributed by atoms with Crippen molar-refractivity contribution in [2.75, 3.05) is 13.2 Å². The molecule has 0 unspecified atom stereocenters. The van der Waals surface area contributed by atoms with Gasteiger partial charge in [-0.1, -0.05) is 58.4 Å². The normalized spacial score (nSPS) is 18.4. The van der Waals surface area contributed by atoms with Crippen LogP contribution in [0.15, 0.2) is 94.9 Å². The molecule has 1 aliphatic rings. The van der Waals surface area contributed by atoms with E-state index in [4.69, 9.17) is 19.6 Å². The number of alkyl halides is 3. The molecule has 4 rings (SSSR count). The van der Waals surface area contributed by atoms with E-state index in [2.05, 4.69) is 33.4 Å². The average molecular weight is 632 g/mol. The van der Waals surface area contributed by atoms with Crippen molar-refractivity contribution in [2.24, 2.45) is 4.99 Å². The summed E-state index contributed by atoms with van der Waals surface area (Å²) in [6.07, 6.45) is -3.28. The van der Waals surface area contributed by atoms with Crippen LogP contribution < -0.4 is 15.6 Å². The Balaban J connectivity index is 1.63. The number of ether oxygens (including phenoxy) is 2. The largest absolute Gasteiger partial charge is 0.494 e. The predicted molar refractivity (Wildman–Crippen MR) is 152 cm³/mol. The predicted octanol–water partition coefficient (Wildman–Crippen LogP) is 5.88. The maximum absolute atomic E-state index is 13.8. The van der Waals surface area contributed by atoms with Crippen LogP contribution in [0.5, 0.6) is 5.75 Å². The Labute approximate surface area is 244 Å². The SMILES string of the molecule is C=CC[C@]1(C(=O)NNCc2ccccc2C(F)(F)F)N=C(c2ccc(OCCCO)cc2)O[C@H]1c1ccccc1Br. The molecule has 0 aliphatic carbocycles. The lowest BCUT2D eigenvalue weighted by atomic mass is 9.84.